The number of amides is 1. The van der Waals surface area contributed by atoms with Crippen LogP contribution in [0.4, 0.5) is 5.69 Å². The first-order valence-electron chi connectivity index (χ1n) is 5.45. The smallest absolute Gasteiger partial charge is 0.271 e. The molecule has 1 aromatic heterocycles. The van der Waals surface area contributed by atoms with Crippen LogP contribution in [0.3, 0.4) is 0 Å². The number of carbonyl (C=O) groups excluding carboxylic acids is 1. The van der Waals surface area contributed by atoms with Gasteiger partial charge in [-0.2, -0.15) is 5.10 Å². The summed E-state index contributed by atoms with van der Waals surface area (Å²) in [6, 6.07) is 0.438. The standard InChI is InChI=1S/C10H17N5O/c1-15-4-2-3-7(15)5-12-10(16)9-8(11)6-13-14-9/h6-7H,2-5,11H2,1H3,(H,12,16)(H,13,14). The molecule has 0 radical (unpaired) electrons. The first-order chi connectivity index (χ1) is 7.68. The Hall–Kier alpha value is -1.56. The molecule has 88 valence electrons. The van der Waals surface area contributed by atoms with Crippen LogP contribution >= 0.6 is 0 Å². The van der Waals surface area contributed by atoms with Gasteiger partial charge < -0.3 is 16.0 Å². The number of likely N-dealkylation sites (N-methyl/N-ethyl adjacent to an activating group) is 1. The zero-order valence-electron chi connectivity index (χ0n) is 9.36. The third-order valence-corrected chi connectivity index (χ3v) is 3.07. The lowest BCUT2D eigenvalue weighted by Crippen LogP contribution is -2.38. The van der Waals surface area contributed by atoms with Gasteiger partial charge in [-0.25, -0.2) is 0 Å². The van der Waals surface area contributed by atoms with Crippen molar-refractivity contribution in [3.63, 3.8) is 0 Å². The Labute approximate surface area is 94.2 Å². The summed E-state index contributed by atoms with van der Waals surface area (Å²) in [7, 11) is 2.08. The maximum atomic E-state index is 11.7. The number of hydrogen-bond acceptors (Lipinski definition) is 4. The van der Waals surface area contributed by atoms with Gasteiger partial charge in [0.1, 0.15) is 5.69 Å². The lowest BCUT2D eigenvalue weighted by Gasteiger charge is -2.19. The number of nitrogens with one attached hydrogen (secondary N) is 2. The molecule has 1 amide bonds. The molecule has 1 aliphatic heterocycles. The highest BCUT2D eigenvalue weighted by atomic mass is 16.1. The van der Waals surface area contributed by atoms with E-state index in [0.29, 0.717) is 24.0 Å². The van der Waals surface area contributed by atoms with E-state index in [1.165, 1.54) is 12.6 Å². The van der Waals surface area contributed by atoms with Gasteiger partial charge in [0.05, 0.1) is 11.9 Å². The van der Waals surface area contributed by atoms with Gasteiger partial charge in [-0.3, -0.25) is 9.89 Å². The Balaban J connectivity index is 1.86. The minimum absolute atomic E-state index is 0.185. The first kappa shape index (κ1) is 10.9. The molecule has 1 atom stereocenters. The summed E-state index contributed by atoms with van der Waals surface area (Å²) < 4.78 is 0. The van der Waals surface area contributed by atoms with Crippen molar-refractivity contribution in [2.45, 2.75) is 18.9 Å². The van der Waals surface area contributed by atoms with Gasteiger partial charge in [-0.05, 0) is 26.4 Å². The number of nitrogens with two attached hydrogens (primary N) is 1. The summed E-state index contributed by atoms with van der Waals surface area (Å²) in [5, 5.41) is 9.17. The number of anilines is 1. The van der Waals surface area contributed by atoms with Crippen LogP contribution in [-0.2, 0) is 0 Å². The number of aromatic amines is 1. The molecule has 1 unspecified atom stereocenters. The molecule has 2 rings (SSSR count). The lowest BCUT2D eigenvalue weighted by atomic mass is 10.2. The van der Waals surface area contributed by atoms with E-state index in [1.807, 2.05) is 0 Å². The summed E-state index contributed by atoms with van der Waals surface area (Å²) in [5.41, 5.74) is 6.32. The lowest BCUT2D eigenvalue weighted by molar-refractivity contribution is 0.0939. The third-order valence-electron chi connectivity index (χ3n) is 3.07. The fourth-order valence-corrected chi connectivity index (χ4v) is 2.01. The van der Waals surface area contributed by atoms with Crippen LogP contribution in [0.15, 0.2) is 6.20 Å². The Morgan fingerprint density at radius 3 is 3.19 bits per heavy atom. The van der Waals surface area contributed by atoms with E-state index in [9.17, 15) is 4.79 Å². The molecule has 0 spiro atoms. The van der Waals surface area contributed by atoms with E-state index in [1.54, 1.807) is 0 Å². The number of rotatable bonds is 3. The molecule has 1 aliphatic rings. The minimum Gasteiger partial charge on any atom is -0.396 e. The number of aromatic nitrogens is 2. The SMILES string of the molecule is CN1CCCC1CNC(=O)c1[nH]ncc1N. The molecule has 6 nitrogen and oxygen atoms in total. The molecule has 1 aromatic rings. The molecule has 0 bridgehead atoms. The zero-order chi connectivity index (χ0) is 11.5. The van der Waals surface area contributed by atoms with E-state index in [-0.39, 0.29) is 5.91 Å². The number of H-pyrrole nitrogens is 1. The largest absolute Gasteiger partial charge is 0.396 e. The molecule has 0 aliphatic carbocycles. The Morgan fingerprint density at radius 1 is 1.81 bits per heavy atom. The van der Waals surface area contributed by atoms with Crippen molar-refractivity contribution in [3.05, 3.63) is 11.9 Å². The topological polar surface area (TPSA) is 87.0 Å². The second-order valence-corrected chi connectivity index (χ2v) is 4.19. The number of nitrogens with zero attached hydrogens (tertiary/aromatic N) is 2. The van der Waals surface area contributed by atoms with Gasteiger partial charge in [-0.1, -0.05) is 0 Å². The van der Waals surface area contributed by atoms with Gasteiger partial charge in [0.25, 0.3) is 5.91 Å². The Kier molecular flexibility index (Phi) is 3.09. The zero-order valence-corrected chi connectivity index (χ0v) is 9.36. The molecule has 6 heteroatoms. The highest BCUT2D eigenvalue weighted by Crippen LogP contribution is 2.14. The highest BCUT2D eigenvalue weighted by Gasteiger charge is 2.21. The summed E-state index contributed by atoms with van der Waals surface area (Å²) >= 11 is 0. The van der Waals surface area contributed by atoms with Gasteiger partial charge in [-0.15, -0.1) is 0 Å². The van der Waals surface area contributed by atoms with Crippen molar-refractivity contribution in [2.24, 2.45) is 0 Å². The maximum absolute atomic E-state index is 11.7. The molecule has 16 heavy (non-hydrogen) atoms. The van der Waals surface area contributed by atoms with Crippen LogP contribution < -0.4 is 11.1 Å². The number of hydrogen-bond donors (Lipinski definition) is 3. The third kappa shape index (κ3) is 2.16. The van der Waals surface area contributed by atoms with Crippen molar-refractivity contribution in [2.75, 3.05) is 25.9 Å². The quantitative estimate of drug-likeness (QED) is 0.663. The Morgan fingerprint density at radius 2 is 2.62 bits per heavy atom. The minimum atomic E-state index is -0.185. The van der Waals surface area contributed by atoms with Crippen LogP contribution in [0, 0.1) is 0 Å². The van der Waals surface area contributed by atoms with Crippen LogP contribution in [-0.4, -0.2) is 47.2 Å². The number of likely N-dealkylation sites (tertiary alicyclic amines) is 1. The predicted molar refractivity (Wildman–Crippen MR) is 61.0 cm³/mol. The summed E-state index contributed by atoms with van der Waals surface area (Å²) in [6.07, 6.45) is 3.77. The molecule has 1 saturated heterocycles. The fraction of sp³-hybridized carbons (Fsp3) is 0.600. The average Bonchev–Trinajstić information content (AvgIpc) is 2.84. The van der Waals surface area contributed by atoms with Crippen LogP contribution in [0.2, 0.25) is 0 Å². The molecule has 0 aromatic carbocycles. The van der Waals surface area contributed by atoms with E-state index in [2.05, 4.69) is 27.5 Å². The van der Waals surface area contributed by atoms with E-state index >= 15 is 0 Å². The number of nitrogen functional groups attached to an aromatic ring is 1. The van der Waals surface area contributed by atoms with Crippen molar-refractivity contribution >= 4 is 11.6 Å². The highest BCUT2D eigenvalue weighted by molar-refractivity contribution is 5.96. The van der Waals surface area contributed by atoms with Gasteiger partial charge in [0.15, 0.2) is 0 Å². The van der Waals surface area contributed by atoms with Crippen LogP contribution in [0.1, 0.15) is 23.3 Å². The summed E-state index contributed by atoms with van der Waals surface area (Å²) in [5.74, 6) is -0.185. The first-order valence-corrected chi connectivity index (χ1v) is 5.45. The van der Waals surface area contributed by atoms with Crippen LogP contribution in [0.5, 0.6) is 0 Å². The second-order valence-electron chi connectivity index (χ2n) is 4.19. The van der Waals surface area contributed by atoms with Crippen molar-refractivity contribution in [3.8, 4) is 0 Å². The van der Waals surface area contributed by atoms with Crippen molar-refractivity contribution in [1.29, 1.82) is 0 Å². The maximum Gasteiger partial charge on any atom is 0.271 e. The normalized spacial score (nSPS) is 21.2. The Bertz CT molecular complexity index is 375. The molecular weight excluding hydrogens is 206 g/mol. The van der Waals surface area contributed by atoms with Gasteiger partial charge in [0.2, 0.25) is 0 Å². The predicted octanol–water partition coefficient (Wildman–Crippen LogP) is -0.184. The second kappa shape index (κ2) is 4.52. The molecule has 2 heterocycles. The van der Waals surface area contributed by atoms with Gasteiger partial charge in [0, 0.05) is 12.6 Å². The van der Waals surface area contributed by atoms with E-state index in [4.69, 9.17) is 5.73 Å². The number of carbonyl (C=O) groups is 1. The average molecular weight is 223 g/mol. The van der Waals surface area contributed by atoms with Gasteiger partial charge >= 0.3 is 0 Å². The monoisotopic (exact) mass is 223 g/mol. The van der Waals surface area contributed by atoms with Crippen molar-refractivity contribution in [1.82, 2.24) is 20.4 Å². The molecule has 4 N–H and O–H groups in total. The molecular formula is C10H17N5O. The van der Waals surface area contributed by atoms with Crippen molar-refractivity contribution < 1.29 is 4.79 Å². The summed E-state index contributed by atoms with van der Waals surface area (Å²) in [6.45, 7) is 1.76. The van der Waals surface area contributed by atoms with Crippen LogP contribution in [0.25, 0.3) is 0 Å². The van der Waals surface area contributed by atoms with E-state index in [0.717, 1.165) is 13.0 Å². The molecule has 0 saturated carbocycles. The van der Waals surface area contributed by atoms with E-state index < -0.39 is 0 Å². The summed E-state index contributed by atoms with van der Waals surface area (Å²) in [4.78, 5) is 14.0. The fourth-order valence-electron chi connectivity index (χ4n) is 2.01. The molecule has 1 fully saturated rings.